The van der Waals surface area contributed by atoms with Gasteiger partial charge in [0.15, 0.2) is 5.96 Å². The van der Waals surface area contributed by atoms with Crippen LogP contribution in [-0.4, -0.2) is 31.6 Å². The Balaban J connectivity index is 0. The van der Waals surface area contributed by atoms with Crippen molar-refractivity contribution in [3.63, 3.8) is 0 Å². The van der Waals surface area contributed by atoms with Gasteiger partial charge in [-0.1, -0.05) is 13.8 Å². The molecule has 0 rings (SSSR count). The standard InChI is InChI=1S/C11H23N3O2.HI/c1-4-16-10(15)6-5-7-13-11(12)14-8-9(2)3;/h9H,4-8H2,1-3H3,(H3,12,13,14);1H. The molecule has 0 bridgehead atoms. The lowest BCUT2D eigenvalue weighted by Gasteiger charge is -2.06. The Morgan fingerprint density at radius 1 is 1.47 bits per heavy atom. The number of halogens is 1. The zero-order valence-corrected chi connectivity index (χ0v) is 13.2. The molecular weight excluding hydrogens is 333 g/mol. The predicted octanol–water partition coefficient (Wildman–Crippen LogP) is 1.51. The van der Waals surface area contributed by atoms with Crippen LogP contribution in [-0.2, 0) is 9.53 Å². The molecule has 0 aromatic rings. The molecule has 6 heteroatoms. The molecule has 0 aliphatic carbocycles. The highest BCUT2D eigenvalue weighted by Crippen LogP contribution is 1.92. The van der Waals surface area contributed by atoms with E-state index in [0.29, 0.717) is 37.9 Å². The molecule has 0 aliphatic rings. The summed E-state index contributed by atoms with van der Waals surface area (Å²) >= 11 is 0. The summed E-state index contributed by atoms with van der Waals surface area (Å²) in [7, 11) is 0. The number of guanidine groups is 1. The molecule has 102 valence electrons. The first-order chi connectivity index (χ1) is 7.56. The van der Waals surface area contributed by atoms with Crippen molar-refractivity contribution in [1.29, 1.82) is 0 Å². The predicted molar refractivity (Wildman–Crippen MR) is 80.6 cm³/mol. The Hall–Kier alpha value is -0.530. The summed E-state index contributed by atoms with van der Waals surface area (Å²) < 4.78 is 4.80. The number of nitrogens with zero attached hydrogens (tertiary/aromatic N) is 1. The number of ether oxygens (including phenoxy) is 1. The number of carbonyl (C=O) groups excluding carboxylic acids is 1. The summed E-state index contributed by atoms with van der Waals surface area (Å²) in [4.78, 5) is 15.1. The maximum absolute atomic E-state index is 11.0. The fourth-order valence-electron chi connectivity index (χ4n) is 1.02. The number of hydrogen-bond donors (Lipinski definition) is 2. The van der Waals surface area contributed by atoms with E-state index < -0.39 is 0 Å². The van der Waals surface area contributed by atoms with E-state index in [1.807, 2.05) is 0 Å². The molecule has 0 aliphatic heterocycles. The Labute approximate surface area is 121 Å². The molecule has 0 unspecified atom stereocenters. The molecule has 0 fully saturated rings. The lowest BCUT2D eigenvalue weighted by molar-refractivity contribution is -0.143. The van der Waals surface area contributed by atoms with Crippen molar-refractivity contribution in [3.8, 4) is 0 Å². The number of hydrogen-bond acceptors (Lipinski definition) is 3. The van der Waals surface area contributed by atoms with E-state index in [4.69, 9.17) is 10.5 Å². The van der Waals surface area contributed by atoms with Crippen molar-refractivity contribution in [2.75, 3.05) is 19.7 Å². The highest BCUT2D eigenvalue weighted by Gasteiger charge is 2.00. The molecular formula is C11H24IN3O2. The van der Waals surface area contributed by atoms with Gasteiger partial charge in [-0.3, -0.25) is 9.79 Å². The van der Waals surface area contributed by atoms with Crippen LogP contribution in [0.4, 0.5) is 0 Å². The molecule has 0 atom stereocenters. The highest BCUT2D eigenvalue weighted by atomic mass is 127. The van der Waals surface area contributed by atoms with E-state index in [2.05, 4.69) is 24.2 Å². The minimum atomic E-state index is -0.165. The second kappa shape index (κ2) is 11.9. The van der Waals surface area contributed by atoms with Crippen LogP contribution < -0.4 is 11.1 Å². The lowest BCUT2D eigenvalue weighted by atomic mass is 10.2. The Morgan fingerprint density at radius 3 is 2.65 bits per heavy atom. The van der Waals surface area contributed by atoms with Crippen molar-refractivity contribution in [2.45, 2.75) is 33.6 Å². The second-order valence-corrected chi connectivity index (χ2v) is 3.96. The number of carbonyl (C=O) groups is 1. The second-order valence-electron chi connectivity index (χ2n) is 3.96. The highest BCUT2D eigenvalue weighted by molar-refractivity contribution is 14.0. The largest absolute Gasteiger partial charge is 0.466 e. The Kier molecular flexibility index (Phi) is 13.2. The fraction of sp³-hybridized carbons (Fsp3) is 0.818. The van der Waals surface area contributed by atoms with E-state index in [1.165, 1.54) is 0 Å². The van der Waals surface area contributed by atoms with Crippen molar-refractivity contribution >= 4 is 35.9 Å². The van der Waals surface area contributed by atoms with Gasteiger partial charge in [-0.2, -0.15) is 0 Å². The molecule has 0 aromatic carbocycles. The van der Waals surface area contributed by atoms with Crippen LogP contribution in [0.25, 0.3) is 0 Å². The molecule has 17 heavy (non-hydrogen) atoms. The first-order valence-electron chi connectivity index (χ1n) is 5.75. The summed E-state index contributed by atoms with van der Waals surface area (Å²) in [5, 5.41) is 2.96. The Morgan fingerprint density at radius 2 is 2.12 bits per heavy atom. The summed E-state index contributed by atoms with van der Waals surface area (Å²) in [6.07, 6.45) is 1.12. The maximum Gasteiger partial charge on any atom is 0.305 e. The number of nitrogens with one attached hydrogen (secondary N) is 1. The SMILES string of the molecule is CCOC(=O)CCCNC(N)=NCC(C)C.I. The van der Waals surface area contributed by atoms with Crippen LogP contribution in [0, 0.1) is 5.92 Å². The first-order valence-corrected chi connectivity index (χ1v) is 5.75. The van der Waals surface area contributed by atoms with Gasteiger partial charge >= 0.3 is 5.97 Å². The molecule has 5 nitrogen and oxygen atoms in total. The van der Waals surface area contributed by atoms with Gasteiger partial charge in [0.25, 0.3) is 0 Å². The Bertz CT molecular complexity index is 233. The summed E-state index contributed by atoms with van der Waals surface area (Å²) in [6, 6.07) is 0. The van der Waals surface area contributed by atoms with E-state index in [-0.39, 0.29) is 29.9 Å². The van der Waals surface area contributed by atoms with Crippen molar-refractivity contribution in [1.82, 2.24) is 5.32 Å². The topological polar surface area (TPSA) is 76.7 Å². The van der Waals surface area contributed by atoms with Gasteiger partial charge in [0.05, 0.1) is 6.61 Å². The third-order valence-corrected chi connectivity index (χ3v) is 1.80. The van der Waals surface area contributed by atoms with Gasteiger partial charge in [-0.25, -0.2) is 0 Å². The molecule has 0 saturated heterocycles. The summed E-state index contributed by atoms with van der Waals surface area (Å²) in [5.41, 5.74) is 5.62. The number of nitrogens with two attached hydrogens (primary N) is 1. The minimum Gasteiger partial charge on any atom is -0.466 e. The van der Waals surface area contributed by atoms with Gasteiger partial charge in [-0.15, -0.1) is 24.0 Å². The molecule has 0 heterocycles. The zero-order valence-electron chi connectivity index (χ0n) is 10.9. The zero-order chi connectivity index (χ0) is 12.4. The number of esters is 1. The van der Waals surface area contributed by atoms with Crippen LogP contribution in [0.3, 0.4) is 0 Å². The molecule has 0 aromatic heterocycles. The van der Waals surface area contributed by atoms with Gasteiger partial charge in [0, 0.05) is 19.5 Å². The minimum absolute atomic E-state index is 0. The van der Waals surface area contributed by atoms with Crippen molar-refractivity contribution in [2.24, 2.45) is 16.6 Å². The average molecular weight is 357 g/mol. The lowest BCUT2D eigenvalue weighted by Crippen LogP contribution is -2.33. The molecule has 3 N–H and O–H groups in total. The van der Waals surface area contributed by atoms with Gasteiger partial charge < -0.3 is 15.8 Å². The average Bonchev–Trinajstić information content (AvgIpc) is 2.22. The normalized spacial score (nSPS) is 10.9. The quantitative estimate of drug-likeness (QED) is 0.238. The molecule has 0 radical (unpaired) electrons. The van der Waals surface area contributed by atoms with Crippen LogP contribution in [0.2, 0.25) is 0 Å². The monoisotopic (exact) mass is 357 g/mol. The van der Waals surface area contributed by atoms with E-state index >= 15 is 0 Å². The summed E-state index contributed by atoms with van der Waals surface area (Å²) in [5.74, 6) is 0.777. The van der Waals surface area contributed by atoms with Gasteiger partial charge in [-0.05, 0) is 19.3 Å². The van der Waals surface area contributed by atoms with E-state index in [1.54, 1.807) is 6.92 Å². The van der Waals surface area contributed by atoms with Crippen LogP contribution in [0.15, 0.2) is 4.99 Å². The van der Waals surface area contributed by atoms with Gasteiger partial charge in [0.1, 0.15) is 0 Å². The number of aliphatic imine (C=N–C) groups is 1. The third-order valence-electron chi connectivity index (χ3n) is 1.80. The molecule has 0 amide bonds. The van der Waals surface area contributed by atoms with Crippen LogP contribution in [0.1, 0.15) is 33.6 Å². The van der Waals surface area contributed by atoms with Crippen LogP contribution >= 0.6 is 24.0 Å². The van der Waals surface area contributed by atoms with Crippen LogP contribution in [0.5, 0.6) is 0 Å². The number of rotatable bonds is 7. The van der Waals surface area contributed by atoms with Crippen molar-refractivity contribution in [3.05, 3.63) is 0 Å². The van der Waals surface area contributed by atoms with E-state index in [0.717, 1.165) is 6.54 Å². The fourth-order valence-corrected chi connectivity index (χ4v) is 1.02. The molecule has 0 saturated carbocycles. The molecule has 0 spiro atoms. The third kappa shape index (κ3) is 13.4. The van der Waals surface area contributed by atoms with Crippen molar-refractivity contribution < 1.29 is 9.53 Å². The summed E-state index contributed by atoms with van der Waals surface area (Å²) in [6.45, 7) is 7.76. The first kappa shape index (κ1) is 18.8. The smallest absolute Gasteiger partial charge is 0.305 e. The van der Waals surface area contributed by atoms with Gasteiger partial charge in [0.2, 0.25) is 0 Å². The maximum atomic E-state index is 11.0. The van der Waals surface area contributed by atoms with E-state index in [9.17, 15) is 4.79 Å².